The molecule has 3 amide bonds. The first-order valence-electron chi connectivity index (χ1n) is 6.22. The van der Waals surface area contributed by atoms with Gasteiger partial charge in [0.1, 0.15) is 6.04 Å². The molecular formula is C14H21N3O2. The lowest BCUT2D eigenvalue weighted by molar-refractivity contribution is -0.123. The van der Waals surface area contributed by atoms with Gasteiger partial charge in [-0.15, -0.1) is 0 Å². The largest absolute Gasteiger partial charge is 0.350 e. The molecule has 0 spiro atoms. The summed E-state index contributed by atoms with van der Waals surface area (Å²) in [5.41, 5.74) is 0.367. The first-order chi connectivity index (χ1) is 8.78. The molecule has 0 saturated carbocycles. The SMILES string of the molecule is C[C@H](NC(=O)Nc1ccccc1)C(=O)NC(C)(C)C. The molecule has 0 unspecified atom stereocenters. The van der Waals surface area contributed by atoms with Gasteiger partial charge in [0.15, 0.2) is 0 Å². The van der Waals surface area contributed by atoms with E-state index in [-0.39, 0.29) is 11.4 Å². The number of nitrogens with one attached hydrogen (secondary N) is 3. The predicted molar refractivity (Wildman–Crippen MR) is 76.0 cm³/mol. The first-order valence-corrected chi connectivity index (χ1v) is 6.22. The molecule has 1 aromatic rings. The lowest BCUT2D eigenvalue weighted by Crippen LogP contribution is -2.51. The average Bonchev–Trinajstić information content (AvgIpc) is 2.27. The van der Waals surface area contributed by atoms with Crippen LogP contribution < -0.4 is 16.0 Å². The number of carbonyl (C=O) groups excluding carboxylic acids is 2. The van der Waals surface area contributed by atoms with Crippen molar-refractivity contribution in [2.45, 2.75) is 39.3 Å². The number of amides is 3. The van der Waals surface area contributed by atoms with Crippen molar-refractivity contribution in [1.29, 1.82) is 0 Å². The van der Waals surface area contributed by atoms with Crippen LogP contribution in [0.5, 0.6) is 0 Å². The van der Waals surface area contributed by atoms with Crippen LogP contribution in [0.2, 0.25) is 0 Å². The second-order valence-electron chi connectivity index (χ2n) is 5.43. The molecule has 1 atom stereocenters. The number of benzene rings is 1. The number of hydrogen-bond acceptors (Lipinski definition) is 2. The Balaban J connectivity index is 2.46. The summed E-state index contributed by atoms with van der Waals surface area (Å²) < 4.78 is 0. The minimum absolute atomic E-state index is 0.212. The number of para-hydroxylation sites is 1. The Morgan fingerprint density at radius 2 is 1.68 bits per heavy atom. The Morgan fingerprint density at radius 3 is 2.21 bits per heavy atom. The highest BCUT2D eigenvalue weighted by Gasteiger charge is 2.20. The van der Waals surface area contributed by atoms with Gasteiger partial charge in [0.2, 0.25) is 5.91 Å². The third-order valence-corrected chi connectivity index (χ3v) is 2.27. The maximum Gasteiger partial charge on any atom is 0.319 e. The normalized spacial score (nSPS) is 12.4. The summed E-state index contributed by atoms with van der Waals surface area (Å²) in [7, 11) is 0. The number of anilines is 1. The highest BCUT2D eigenvalue weighted by Crippen LogP contribution is 2.04. The van der Waals surface area contributed by atoms with E-state index in [1.807, 2.05) is 39.0 Å². The van der Waals surface area contributed by atoms with Gasteiger partial charge in [0.25, 0.3) is 0 Å². The van der Waals surface area contributed by atoms with E-state index in [2.05, 4.69) is 16.0 Å². The fourth-order valence-electron chi connectivity index (χ4n) is 1.43. The van der Waals surface area contributed by atoms with Gasteiger partial charge in [-0.25, -0.2) is 4.79 Å². The van der Waals surface area contributed by atoms with Crippen LogP contribution in [-0.4, -0.2) is 23.5 Å². The molecule has 0 fully saturated rings. The van der Waals surface area contributed by atoms with Crippen LogP contribution in [0.15, 0.2) is 30.3 Å². The number of hydrogen-bond donors (Lipinski definition) is 3. The van der Waals surface area contributed by atoms with E-state index in [0.717, 1.165) is 0 Å². The zero-order valence-electron chi connectivity index (χ0n) is 11.8. The molecule has 19 heavy (non-hydrogen) atoms. The molecule has 0 aliphatic heterocycles. The Labute approximate surface area is 113 Å². The molecule has 0 aliphatic carbocycles. The first kappa shape index (κ1) is 15.0. The van der Waals surface area contributed by atoms with E-state index in [9.17, 15) is 9.59 Å². The van der Waals surface area contributed by atoms with Crippen molar-refractivity contribution in [3.8, 4) is 0 Å². The zero-order valence-corrected chi connectivity index (χ0v) is 11.8. The van der Waals surface area contributed by atoms with Gasteiger partial charge in [-0.3, -0.25) is 4.79 Å². The van der Waals surface area contributed by atoms with Crippen molar-refractivity contribution in [3.05, 3.63) is 30.3 Å². The Kier molecular flexibility index (Phi) is 4.92. The van der Waals surface area contributed by atoms with Gasteiger partial charge < -0.3 is 16.0 Å². The minimum Gasteiger partial charge on any atom is -0.350 e. The third-order valence-electron chi connectivity index (χ3n) is 2.27. The summed E-state index contributed by atoms with van der Waals surface area (Å²) in [6.07, 6.45) is 0. The van der Waals surface area contributed by atoms with Crippen LogP contribution in [0.3, 0.4) is 0 Å². The van der Waals surface area contributed by atoms with E-state index >= 15 is 0 Å². The van der Waals surface area contributed by atoms with Crippen LogP contribution >= 0.6 is 0 Å². The molecule has 104 valence electrons. The standard InChI is InChI=1S/C14H21N3O2/c1-10(12(18)17-14(2,3)4)15-13(19)16-11-8-6-5-7-9-11/h5-10H,1-4H3,(H,17,18)(H2,15,16,19)/t10-/m0/s1. The molecule has 0 aromatic heterocycles. The molecule has 0 saturated heterocycles. The van der Waals surface area contributed by atoms with Gasteiger partial charge in [-0.2, -0.15) is 0 Å². The lowest BCUT2D eigenvalue weighted by Gasteiger charge is -2.23. The van der Waals surface area contributed by atoms with Crippen molar-refractivity contribution in [2.24, 2.45) is 0 Å². The van der Waals surface area contributed by atoms with Crippen molar-refractivity contribution >= 4 is 17.6 Å². The van der Waals surface area contributed by atoms with E-state index < -0.39 is 12.1 Å². The maximum absolute atomic E-state index is 11.8. The molecular weight excluding hydrogens is 242 g/mol. The minimum atomic E-state index is -0.595. The summed E-state index contributed by atoms with van der Waals surface area (Å²) in [5, 5.41) is 8.06. The van der Waals surface area contributed by atoms with Crippen molar-refractivity contribution in [1.82, 2.24) is 10.6 Å². The summed E-state index contributed by atoms with van der Waals surface area (Å²) in [6.45, 7) is 7.32. The fraction of sp³-hybridized carbons (Fsp3) is 0.429. The predicted octanol–water partition coefficient (Wildman–Crippen LogP) is 2.11. The Hall–Kier alpha value is -2.04. The van der Waals surface area contributed by atoms with Gasteiger partial charge in [0.05, 0.1) is 0 Å². The Morgan fingerprint density at radius 1 is 1.11 bits per heavy atom. The molecule has 0 aliphatic rings. The quantitative estimate of drug-likeness (QED) is 0.781. The average molecular weight is 263 g/mol. The molecule has 1 rings (SSSR count). The summed E-state index contributed by atoms with van der Waals surface area (Å²) in [6, 6.07) is 8.07. The molecule has 0 bridgehead atoms. The van der Waals surface area contributed by atoms with Crippen LogP contribution in [0.4, 0.5) is 10.5 Å². The third kappa shape index (κ3) is 5.90. The number of urea groups is 1. The Bertz CT molecular complexity index is 438. The lowest BCUT2D eigenvalue weighted by atomic mass is 10.1. The highest BCUT2D eigenvalue weighted by atomic mass is 16.2. The van der Waals surface area contributed by atoms with Crippen LogP contribution in [0.25, 0.3) is 0 Å². The van der Waals surface area contributed by atoms with Gasteiger partial charge in [-0.1, -0.05) is 18.2 Å². The van der Waals surface area contributed by atoms with E-state index in [1.54, 1.807) is 19.1 Å². The zero-order chi connectivity index (χ0) is 14.5. The molecule has 0 radical (unpaired) electrons. The van der Waals surface area contributed by atoms with Crippen molar-refractivity contribution in [2.75, 3.05) is 5.32 Å². The second kappa shape index (κ2) is 6.22. The smallest absolute Gasteiger partial charge is 0.319 e. The molecule has 3 N–H and O–H groups in total. The summed E-state index contributed by atoms with van der Waals surface area (Å²) >= 11 is 0. The monoisotopic (exact) mass is 263 g/mol. The number of rotatable bonds is 3. The van der Waals surface area contributed by atoms with Crippen LogP contribution in [-0.2, 0) is 4.79 Å². The van der Waals surface area contributed by atoms with E-state index in [1.165, 1.54) is 0 Å². The van der Waals surface area contributed by atoms with Gasteiger partial charge >= 0.3 is 6.03 Å². The van der Waals surface area contributed by atoms with Gasteiger partial charge in [0, 0.05) is 11.2 Å². The fourth-order valence-corrected chi connectivity index (χ4v) is 1.43. The van der Waals surface area contributed by atoms with Crippen LogP contribution in [0.1, 0.15) is 27.7 Å². The highest BCUT2D eigenvalue weighted by molar-refractivity contribution is 5.93. The molecule has 1 aromatic carbocycles. The second-order valence-corrected chi connectivity index (χ2v) is 5.43. The molecule has 5 nitrogen and oxygen atoms in total. The summed E-state index contributed by atoms with van der Waals surface area (Å²) in [4.78, 5) is 23.5. The molecule has 0 heterocycles. The summed E-state index contributed by atoms with van der Waals surface area (Å²) in [5.74, 6) is -0.212. The van der Waals surface area contributed by atoms with Crippen LogP contribution in [0, 0.1) is 0 Å². The van der Waals surface area contributed by atoms with Crippen molar-refractivity contribution < 1.29 is 9.59 Å². The van der Waals surface area contributed by atoms with Gasteiger partial charge in [-0.05, 0) is 39.8 Å². The number of carbonyl (C=O) groups is 2. The van der Waals surface area contributed by atoms with Crippen molar-refractivity contribution in [3.63, 3.8) is 0 Å². The molecule has 5 heteroatoms. The maximum atomic E-state index is 11.8. The van der Waals surface area contributed by atoms with E-state index in [4.69, 9.17) is 0 Å². The van der Waals surface area contributed by atoms with E-state index in [0.29, 0.717) is 5.69 Å². The topological polar surface area (TPSA) is 70.2 Å².